The zero-order chi connectivity index (χ0) is 13.0. The second kappa shape index (κ2) is 5.31. The lowest BCUT2D eigenvalue weighted by atomic mass is 10.3. The van der Waals surface area contributed by atoms with Gasteiger partial charge >= 0.3 is 5.97 Å². The molecular formula is C12H13N3O3. The summed E-state index contributed by atoms with van der Waals surface area (Å²) < 4.78 is 1.87. The van der Waals surface area contributed by atoms with Crippen molar-refractivity contribution < 1.29 is 14.7 Å². The van der Waals surface area contributed by atoms with E-state index >= 15 is 0 Å². The number of nitrogens with one attached hydrogen (secondary N) is 1. The third kappa shape index (κ3) is 2.85. The first-order valence-corrected chi connectivity index (χ1v) is 5.55. The molecule has 1 amide bonds. The molecule has 6 nitrogen and oxygen atoms in total. The van der Waals surface area contributed by atoms with E-state index in [0.717, 1.165) is 11.0 Å². The van der Waals surface area contributed by atoms with Crippen LogP contribution >= 0.6 is 0 Å². The molecule has 1 aromatic heterocycles. The molecule has 1 aromatic carbocycles. The first-order valence-electron chi connectivity index (χ1n) is 5.55. The summed E-state index contributed by atoms with van der Waals surface area (Å²) in [6, 6.07) is 7.64. The Labute approximate surface area is 103 Å². The number of benzene rings is 1. The Bertz CT molecular complexity index is 577. The highest BCUT2D eigenvalue weighted by Crippen LogP contribution is 2.11. The van der Waals surface area contributed by atoms with E-state index in [1.165, 1.54) is 0 Å². The molecule has 1 heterocycles. The van der Waals surface area contributed by atoms with Crippen molar-refractivity contribution in [1.29, 1.82) is 0 Å². The number of carbonyl (C=O) groups is 2. The second-order valence-electron chi connectivity index (χ2n) is 3.85. The maximum atomic E-state index is 11.4. The molecule has 0 unspecified atom stereocenters. The van der Waals surface area contributed by atoms with Crippen LogP contribution in [-0.2, 0) is 16.1 Å². The molecule has 18 heavy (non-hydrogen) atoms. The minimum Gasteiger partial charge on any atom is -0.480 e. The predicted octanol–water partition coefficient (Wildman–Crippen LogP) is 0.627. The lowest BCUT2D eigenvalue weighted by Gasteiger charge is -2.04. The molecule has 2 aromatic rings. The molecular weight excluding hydrogens is 234 g/mol. The molecule has 0 aliphatic heterocycles. The number of fused-ring (bicyclic) bond motifs is 1. The molecule has 0 saturated carbocycles. The summed E-state index contributed by atoms with van der Waals surface area (Å²) in [4.78, 5) is 25.9. The van der Waals surface area contributed by atoms with Crippen molar-refractivity contribution in [3.05, 3.63) is 30.6 Å². The Balaban J connectivity index is 1.94. The highest BCUT2D eigenvalue weighted by Gasteiger charge is 2.06. The Morgan fingerprint density at radius 1 is 1.33 bits per heavy atom. The van der Waals surface area contributed by atoms with E-state index in [9.17, 15) is 9.59 Å². The smallest absolute Gasteiger partial charge is 0.322 e. The van der Waals surface area contributed by atoms with E-state index in [1.807, 2.05) is 28.8 Å². The minimum atomic E-state index is -1.04. The number of rotatable bonds is 5. The summed E-state index contributed by atoms with van der Waals surface area (Å²) in [6.45, 7) is 0.134. The summed E-state index contributed by atoms with van der Waals surface area (Å²) in [7, 11) is 0. The maximum Gasteiger partial charge on any atom is 0.322 e. The van der Waals surface area contributed by atoms with E-state index in [1.54, 1.807) is 6.33 Å². The fourth-order valence-electron chi connectivity index (χ4n) is 1.67. The highest BCUT2D eigenvalue weighted by molar-refractivity contribution is 5.81. The van der Waals surface area contributed by atoms with E-state index in [2.05, 4.69) is 10.3 Å². The van der Waals surface area contributed by atoms with Crippen molar-refractivity contribution in [2.45, 2.75) is 13.0 Å². The zero-order valence-corrected chi connectivity index (χ0v) is 9.67. The van der Waals surface area contributed by atoms with Crippen LogP contribution in [0.2, 0.25) is 0 Å². The van der Waals surface area contributed by atoms with Crippen LogP contribution in [0.25, 0.3) is 11.0 Å². The third-order valence-corrected chi connectivity index (χ3v) is 2.54. The SMILES string of the molecule is O=C(O)CNC(=O)CCn1cnc2ccccc21. The third-order valence-electron chi connectivity index (χ3n) is 2.54. The first-order chi connectivity index (χ1) is 8.66. The summed E-state index contributed by atoms with van der Waals surface area (Å²) in [5.41, 5.74) is 1.84. The average Bonchev–Trinajstić information content (AvgIpc) is 2.77. The summed E-state index contributed by atoms with van der Waals surface area (Å²) in [5.74, 6) is -1.33. The van der Waals surface area contributed by atoms with Gasteiger partial charge in [0.25, 0.3) is 0 Å². The van der Waals surface area contributed by atoms with Gasteiger partial charge in [-0.3, -0.25) is 9.59 Å². The molecule has 0 atom stereocenters. The van der Waals surface area contributed by atoms with Gasteiger partial charge in [-0.1, -0.05) is 12.1 Å². The molecule has 6 heteroatoms. The van der Waals surface area contributed by atoms with Crippen molar-refractivity contribution in [3.8, 4) is 0 Å². The average molecular weight is 247 g/mol. The van der Waals surface area contributed by atoms with Crippen LogP contribution in [0.3, 0.4) is 0 Å². The molecule has 0 saturated heterocycles. The minimum absolute atomic E-state index is 0.230. The Hall–Kier alpha value is -2.37. The standard InChI is InChI=1S/C12H13N3O3/c16-11(13-7-12(17)18)5-6-15-8-14-9-3-1-2-4-10(9)15/h1-4,8H,5-7H2,(H,13,16)(H,17,18). The molecule has 0 bridgehead atoms. The number of aliphatic carboxylic acids is 1. The van der Waals surface area contributed by atoms with Crippen LogP contribution in [0.1, 0.15) is 6.42 Å². The van der Waals surface area contributed by atoms with Crippen molar-refractivity contribution in [2.75, 3.05) is 6.54 Å². The number of hydrogen-bond donors (Lipinski definition) is 2. The lowest BCUT2D eigenvalue weighted by molar-refractivity contribution is -0.137. The molecule has 2 N–H and O–H groups in total. The van der Waals surface area contributed by atoms with Crippen LogP contribution in [0, 0.1) is 0 Å². The molecule has 94 valence electrons. The van der Waals surface area contributed by atoms with E-state index in [0.29, 0.717) is 6.54 Å². The van der Waals surface area contributed by atoms with Crippen LogP contribution in [-0.4, -0.2) is 33.1 Å². The molecule has 2 rings (SSSR count). The number of carbonyl (C=O) groups excluding carboxylic acids is 1. The number of aryl methyl sites for hydroxylation is 1. The van der Waals surface area contributed by atoms with E-state index in [-0.39, 0.29) is 18.9 Å². The van der Waals surface area contributed by atoms with Gasteiger partial charge in [-0.15, -0.1) is 0 Å². The number of nitrogens with zero attached hydrogens (tertiary/aromatic N) is 2. The lowest BCUT2D eigenvalue weighted by Crippen LogP contribution is -2.29. The molecule has 0 radical (unpaired) electrons. The summed E-state index contributed by atoms with van der Waals surface area (Å²) >= 11 is 0. The number of aromatic nitrogens is 2. The van der Waals surface area contributed by atoms with E-state index in [4.69, 9.17) is 5.11 Å². The maximum absolute atomic E-state index is 11.4. The Kier molecular flexibility index (Phi) is 3.57. The number of amides is 1. The number of carboxylic acid groups (broad SMARTS) is 1. The molecule has 0 aliphatic rings. The summed E-state index contributed by atoms with van der Waals surface area (Å²) in [5, 5.41) is 10.7. The number of para-hydroxylation sites is 2. The monoisotopic (exact) mass is 247 g/mol. The molecule has 0 spiro atoms. The Morgan fingerprint density at radius 2 is 2.11 bits per heavy atom. The largest absolute Gasteiger partial charge is 0.480 e. The summed E-state index contributed by atoms with van der Waals surface area (Å²) in [6.07, 6.45) is 1.91. The highest BCUT2D eigenvalue weighted by atomic mass is 16.4. The topological polar surface area (TPSA) is 84.2 Å². The molecule has 0 fully saturated rings. The zero-order valence-electron chi connectivity index (χ0n) is 9.67. The van der Waals surface area contributed by atoms with Crippen molar-refractivity contribution in [3.63, 3.8) is 0 Å². The van der Waals surface area contributed by atoms with E-state index < -0.39 is 5.97 Å². The van der Waals surface area contributed by atoms with Crippen LogP contribution in [0.4, 0.5) is 0 Å². The van der Waals surface area contributed by atoms with Crippen molar-refractivity contribution in [2.24, 2.45) is 0 Å². The van der Waals surface area contributed by atoms with Gasteiger partial charge in [0.1, 0.15) is 6.54 Å². The van der Waals surface area contributed by atoms with Gasteiger partial charge in [0, 0.05) is 13.0 Å². The fraction of sp³-hybridized carbons (Fsp3) is 0.250. The predicted molar refractivity (Wildman–Crippen MR) is 65.0 cm³/mol. The van der Waals surface area contributed by atoms with Gasteiger partial charge in [-0.05, 0) is 12.1 Å². The van der Waals surface area contributed by atoms with Crippen molar-refractivity contribution >= 4 is 22.9 Å². The van der Waals surface area contributed by atoms with Gasteiger partial charge in [-0.25, -0.2) is 4.98 Å². The number of hydrogen-bond acceptors (Lipinski definition) is 3. The Morgan fingerprint density at radius 3 is 2.89 bits per heavy atom. The normalized spacial score (nSPS) is 10.4. The van der Waals surface area contributed by atoms with Gasteiger partial charge in [0.05, 0.1) is 17.4 Å². The van der Waals surface area contributed by atoms with Crippen molar-refractivity contribution in [1.82, 2.24) is 14.9 Å². The van der Waals surface area contributed by atoms with Gasteiger partial charge in [0.2, 0.25) is 5.91 Å². The quantitative estimate of drug-likeness (QED) is 0.811. The van der Waals surface area contributed by atoms with Crippen LogP contribution in [0.5, 0.6) is 0 Å². The number of carboxylic acids is 1. The van der Waals surface area contributed by atoms with Crippen LogP contribution < -0.4 is 5.32 Å². The fourth-order valence-corrected chi connectivity index (χ4v) is 1.67. The van der Waals surface area contributed by atoms with Crippen LogP contribution in [0.15, 0.2) is 30.6 Å². The second-order valence-corrected chi connectivity index (χ2v) is 3.85. The first kappa shape index (κ1) is 12.1. The molecule has 0 aliphatic carbocycles. The number of imidazole rings is 1. The van der Waals surface area contributed by atoms with Gasteiger partial charge in [-0.2, -0.15) is 0 Å². The van der Waals surface area contributed by atoms with Gasteiger partial charge < -0.3 is 15.0 Å². The van der Waals surface area contributed by atoms with Gasteiger partial charge in [0.15, 0.2) is 0 Å².